The molecule has 92 valence electrons. The second-order valence-corrected chi connectivity index (χ2v) is 4.67. The molecule has 2 aliphatic rings. The zero-order valence-electron chi connectivity index (χ0n) is 10.1. The second kappa shape index (κ2) is 5.64. The summed E-state index contributed by atoms with van der Waals surface area (Å²) in [5, 5.41) is 3.03. The van der Waals surface area contributed by atoms with Gasteiger partial charge in [0.1, 0.15) is 6.10 Å². The SMILES string of the molecule is CCN1CCC[C@H]1CNC(=O)[C@@H]1CCCO1. The molecule has 2 heterocycles. The molecule has 0 aromatic rings. The summed E-state index contributed by atoms with van der Waals surface area (Å²) < 4.78 is 5.36. The molecule has 4 nitrogen and oxygen atoms in total. The van der Waals surface area contributed by atoms with Crippen molar-refractivity contribution in [3.05, 3.63) is 0 Å². The predicted octanol–water partition coefficient (Wildman–Crippen LogP) is 0.766. The van der Waals surface area contributed by atoms with Crippen LogP contribution in [-0.4, -0.2) is 49.2 Å². The third-order valence-electron chi connectivity index (χ3n) is 3.64. The summed E-state index contributed by atoms with van der Waals surface area (Å²) in [5.74, 6) is 0.0838. The summed E-state index contributed by atoms with van der Waals surface area (Å²) in [4.78, 5) is 14.2. The summed E-state index contributed by atoms with van der Waals surface area (Å²) in [5.41, 5.74) is 0. The Balaban J connectivity index is 1.71. The zero-order valence-corrected chi connectivity index (χ0v) is 10.1. The number of carbonyl (C=O) groups is 1. The zero-order chi connectivity index (χ0) is 11.4. The van der Waals surface area contributed by atoms with E-state index < -0.39 is 0 Å². The van der Waals surface area contributed by atoms with Crippen LogP contribution in [0.3, 0.4) is 0 Å². The summed E-state index contributed by atoms with van der Waals surface area (Å²) >= 11 is 0. The number of nitrogens with one attached hydrogen (secondary N) is 1. The van der Waals surface area contributed by atoms with Crippen LogP contribution < -0.4 is 5.32 Å². The Morgan fingerprint density at radius 3 is 3.00 bits per heavy atom. The highest BCUT2D eigenvalue weighted by Crippen LogP contribution is 2.16. The monoisotopic (exact) mass is 226 g/mol. The molecular weight excluding hydrogens is 204 g/mol. The molecular formula is C12H22N2O2. The lowest BCUT2D eigenvalue weighted by atomic mass is 10.2. The van der Waals surface area contributed by atoms with E-state index in [4.69, 9.17) is 4.74 Å². The third-order valence-corrected chi connectivity index (χ3v) is 3.64. The van der Waals surface area contributed by atoms with E-state index in [9.17, 15) is 4.79 Å². The standard InChI is InChI=1S/C12H22N2O2/c1-2-14-7-3-5-10(14)9-13-12(15)11-6-4-8-16-11/h10-11H,2-9H2,1H3,(H,13,15)/t10-,11-/m0/s1. The molecule has 1 amide bonds. The van der Waals surface area contributed by atoms with Crippen LogP contribution in [0.5, 0.6) is 0 Å². The van der Waals surface area contributed by atoms with Crippen LogP contribution in [0.4, 0.5) is 0 Å². The van der Waals surface area contributed by atoms with Crippen molar-refractivity contribution < 1.29 is 9.53 Å². The van der Waals surface area contributed by atoms with Crippen LogP contribution in [0, 0.1) is 0 Å². The van der Waals surface area contributed by atoms with Gasteiger partial charge >= 0.3 is 0 Å². The number of ether oxygens (including phenoxy) is 1. The molecule has 2 aliphatic heterocycles. The van der Waals surface area contributed by atoms with E-state index in [2.05, 4.69) is 17.1 Å². The Morgan fingerprint density at radius 2 is 2.31 bits per heavy atom. The molecule has 0 aliphatic carbocycles. The number of hydrogen-bond acceptors (Lipinski definition) is 3. The van der Waals surface area contributed by atoms with E-state index in [0.717, 1.165) is 32.5 Å². The van der Waals surface area contributed by atoms with Crippen LogP contribution in [0.1, 0.15) is 32.6 Å². The van der Waals surface area contributed by atoms with E-state index >= 15 is 0 Å². The van der Waals surface area contributed by atoms with E-state index in [-0.39, 0.29) is 12.0 Å². The summed E-state index contributed by atoms with van der Waals surface area (Å²) in [6, 6.07) is 0.537. The molecule has 0 radical (unpaired) electrons. The Bertz CT molecular complexity index is 239. The molecule has 0 saturated carbocycles. The van der Waals surface area contributed by atoms with Gasteiger partial charge in [0.05, 0.1) is 0 Å². The molecule has 2 atom stereocenters. The lowest BCUT2D eigenvalue weighted by Crippen LogP contribution is -2.43. The maximum absolute atomic E-state index is 11.7. The minimum atomic E-state index is -0.184. The van der Waals surface area contributed by atoms with Crippen molar-refractivity contribution in [1.29, 1.82) is 0 Å². The predicted molar refractivity (Wildman–Crippen MR) is 62.3 cm³/mol. The van der Waals surface area contributed by atoms with Crippen LogP contribution in [-0.2, 0) is 9.53 Å². The molecule has 0 aromatic carbocycles. The molecule has 0 spiro atoms. The fraction of sp³-hybridized carbons (Fsp3) is 0.917. The second-order valence-electron chi connectivity index (χ2n) is 4.67. The number of carbonyl (C=O) groups excluding carboxylic acids is 1. The normalized spacial score (nSPS) is 30.8. The maximum atomic E-state index is 11.7. The van der Waals surface area contributed by atoms with Gasteiger partial charge in [0.15, 0.2) is 0 Å². The van der Waals surface area contributed by atoms with Crippen LogP contribution in [0.2, 0.25) is 0 Å². The van der Waals surface area contributed by atoms with Crippen LogP contribution >= 0.6 is 0 Å². The van der Waals surface area contributed by atoms with Crippen LogP contribution in [0.25, 0.3) is 0 Å². The van der Waals surface area contributed by atoms with Gasteiger partial charge in [0, 0.05) is 19.2 Å². The fourth-order valence-electron chi connectivity index (χ4n) is 2.66. The molecule has 16 heavy (non-hydrogen) atoms. The Hall–Kier alpha value is -0.610. The van der Waals surface area contributed by atoms with E-state index in [1.165, 1.54) is 19.4 Å². The number of likely N-dealkylation sites (tertiary alicyclic amines) is 1. The highest BCUT2D eigenvalue weighted by atomic mass is 16.5. The lowest BCUT2D eigenvalue weighted by molar-refractivity contribution is -0.130. The van der Waals surface area contributed by atoms with Gasteiger partial charge in [-0.1, -0.05) is 6.92 Å². The molecule has 0 bridgehead atoms. The molecule has 2 fully saturated rings. The Morgan fingerprint density at radius 1 is 1.44 bits per heavy atom. The van der Waals surface area contributed by atoms with Gasteiger partial charge in [-0.3, -0.25) is 9.69 Å². The Labute approximate surface area is 97.3 Å². The highest BCUT2D eigenvalue weighted by Gasteiger charge is 2.26. The molecule has 1 N–H and O–H groups in total. The first-order valence-electron chi connectivity index (χ1n) is 6.44. The number of hydrogen-bond donors (Lipinski definition) is 1. The van der Waals surface area contributed by atoms with Gasteiger partial charge in [-0.05, 0) is 38.8 Å². The molecule has 0 aromatic heterocycles. The average Bonchev–Trinajstić information content (AvgIpc) is 2.96. The topological polar surface area (TPSA) is 41.6 Å². The number of rotatable bonds is 4. The number of nitrogens with zero attached hydrogens (tertiary/aromatic N) is 1. The summed E-state index contributed by atoms with van der Waals surface area (Å²) in [6.45, 7) is 5.97. The van der Waals surface area contributed by atoms with E-state index in [1.54, 1.807) is 0 Å². The van der Waals surface area contributed by atoms with E-state index in [1.807, 2.05) is 0 Å². The van der Waals surface area contributed by atoms with Gasteiger partial charge < -0.3 is 10.1 Å². The van der Waals surface area contributed by atoms with Crippen molar-refractivity contribution in [3.63, 3.8) is 0 Å². The lowest BCUT2D eigenvalue weighted by Gasteiger charge is -2.23. The average molecular weight is 226 g/mol. The minimum Gasteiger partial charge on any atom is -0.368 e. The first-order chi connectivity index (χ1) is 7.81. The third kappa shape index (κ3) is 2.74. The highest BCUT2D eigenvalue weighted by molar-refractivity contribution is 5.80. The van der Waals surface area contributed by atoms with Crippen molar-refractivity contribution in [2.75, 3.05) is 26.2 Å². The quantitative estimate of drug-likeness (QED) is 0.769. The molecule has 0 unspecified atom stereocenters. The maximum Gasteiger partial charge on any atom is 0.249 e. The van der Waals surface area contributed by atoms with Gasteiger partial charge in [-0.25, -0.2) is 0 Å². The van der Waals surface area contributed by atoms with Crippen molar-refractivity contribution in [3.8, 4) is 0 Å². The Kier molecular flexibility index (Phi) is 4.18. The molecule has 2 saturated heterocycles. The summed E-state index contributed by atoms with van der Waals surface area (Å²) in [6.07, 6.45) is 4.18. The van der Waals surface area contributed by atoms with Gasteiger partial charge in [0.25, 0.3) is 0 Å². The van der Waals surface area contributed by atoms with Crippen molar-refractivity contribution in [2.45, 2.75) is 44.8 Å². The number of amides is 1. The smallest absolute Gasteiger partial charge is 0.249 e. The van der Waals surface area contributed by atoms with Crippen molar-refractivity contribution in [2.24, 2.45) is 0 Å². The van der Waals surface area contributed by atoms with Crippen LogP contribution in [0.15, 0.2) is 0 Å². The summed E-state index contributed by atoms with van der Waals surface area (Å²) in [7, 11) is 0. The first kappa shape index (κ1) is 11.9. The van der Waals surface area contributed by atoms with Crippen molar-refractivity contribution >= 4 is 5.91 Å². The van der Waals surface area contributed by atoms with Gasteiger partial charge in [-0.2, -0.15) is 0 Å². The number of likely N-dealkylation sites (N-methyl/N-ethyl adjacent to an activating group) is 1. The molecule has 4 heteroatoms. The fourth-order valence-corrected chi connectivity index (χ4v) is 2.66. The minimum absolute atomic E-state index is 0.0838. The van der Waals surface area contributed by atoms with Gasteiger partial charge in [0.2, 0.25) is 5.91 Å². The molecule has 2 rings (SSSR count). The van der Waals surface area contributed by atoms with E-state index in [0.29, 0.717) is 6.04 Å². The largest absolute Gasteiger partial charge is 0.368 e. The van der Waals surface area contributed by atoms with Crippen molar-refractivity contribution in [1.82, 2.24) is 10.2 Å². The van der Waals surface area contributed by atoms with Gasteiger partial charge in [-0.15, -0.1) is 0 Å². The first-order valence-corrected chi connectivity index (χ1v) is 6.44.